The van der Waals surface area contributed by atoms with Crippen LogP contribution in [0.2, 0.25) is 5.02 Å². The molecular weight excluding hydrogens is 470 g/mol. The zero-order valence-electron chi connectivity index (χ0n) is 16.5. The minimum absolute atomic E-state index is 0.0359. The molecule has 0 unspecified atom stereocenters. The molecule has 0 aliphatic carbocycles. The van der Waals surface area contributed by atoms with Gasteiger partial charge in [-0.3, -0.25) is 14.5 Å². The molecule has 1 aliphatic heterocycles. The Labute approximate surface area is 194 Å². The molecule has 0 bridgehead atoms. The van der Waals surface area contributed by atoms with Gasteiger partial charge in [-0.15, -0.1) is 0 Å². The van der Waals surface area contributed by atoms with Gasteiger partial charge in [-0.05, 0) is 65.4 Å². The van der Waals surface area contributed by atoms with Gasteiger partial charge in [0, 0.05) is 5.02 Å². The Hall–Kier alpha value is -3.07. The second kappa shape index (κ2) is 9.20. The van der Waals surface area contributed by atoms with E-state index < -0.39 is 16.0 Å². The van der Waals surface area contributed by atoms with Crippen molar-refractivity contribution in [2.75, 3.05) is 0 Å². The van der Waals surface area contributed by atoms with Crippen LogP contribution in [0.4, 0.5) is 4.79 Å². The number of rotatable bonds is 6. The largest absolute Gasteiger partial charge is 0.379 e. The van der Waals surface area contributed by atoms with Crippen LogP contribution in [0.3, 0.4) is 0 Å². The summed E-state index contributed by atoms with van der Waals surface area (Å²) in [4.78, 5) is 26.5. The number of hydrogen-bond acceptors (Lipinski definition) is 6. The van der Waals surface area contributed by atoms with Crippen LogP contribution in [0.5, 0.6) is 5.75 Å². The van der Waals surface area contributed by atoms with Gasteiger partial charge in [0.1, 0.15) is 10.6 Å². The van der Waals surface area contributed by atoms with Crippen molar-refractivity contribution in [2.45, 2.75) is 11.4 Å². The van der Waals surface area contributed by atoms with Crippen LogP contribution < -0.4 is 4.18 Å². The fraction of sp³-hybridized carbons (Fsp3) is 0.0435. The lowest BCUT2D eigenvalue weighted by atomic mass is 10.2. The summed E-state index contributed by atoms with van der Waals surface area (Å²) >= 11 is 6.71. The number of nitrogens with zero attached hydrogens (tertiary/aromatic N) is 1. The Kier molecular flexibility index (Phi) is 6.36. The minimum Gasteiger partial charge on any atom is -0.379 e. The smallest absolute Gasteiger partial charge is 0.339 e. The summed E-state index contributed by atoms with van der Waals surface area (Å²) in [6, 6.07) is 21.0. The molecule has 4 rings (SSSR count). The third-order valence-electron chi connectivity index (χ3n) is 4.52. The minimum atomic E-state index is -3.99. The van der Waals surface area contributed by atoms with Crippen molar-refractivity contribution in [2.24, 2.45) is 0 Å². The highest BCUT2D eigenvalue weighted by Gasteiger charge is 2.35. The molecule has 0 radical (unpaired) electrons. The van der Waals surface area contributed by atoms with Gasteiger partial charge < -0.3 is 4.18 Å². The van der Waals surface area contributed by atoms with Gasteiger partial charge in [-0.1, -0.05) is 54.1 Å². The summed E-state index contributed by atoms with van der Waals surface area (Å²) in [7, 11) is -3.99. The SMILES string of the molecule is O=C1S/C(=C\c2cccc(OS(=O)(=O)c3ccccc3)c2)C(=O)N1Cc1ccc(Cl)cc1. The number of carbonyl (C=O) groups is 2. The lowest BCUT2D eigenvalue weighted by Gasteiger charge is -2.12. The standard InChI is InChI=1S/C23H16ClNO5S2/c24-18-11-9-16(10-12-18)15-25-22(26)21(31-23(25)27)14-17-5-4-6-19(13-17)30-32(28,29)20-7-2-1-3-8-20/h1-14H,15H2/b21-14-. The molecule has 1 aliphatic rings. The first-order chi connectivity index (χ1) is 15.3. The molecule has 1 heterocycles. The quantitative estimate of drug-likeness (QED) is 0.346. The van der Waals surface area contributed by atoms with Crippen LogP contribution in [0, 0.1) is 0 Å². The van der Waals surface area contributed by atoms with E-state index in [4.69, 9.17) is 15.8 Å². The molecular formula is C23H16ClNO5S2. The molecule has 6 nitrogen and oxygen atoms in total. The van der Waals surface area contributed by atoms with Crippen LogP contribution in [0.25, 0.3) is 6.08 Å². The number of amides is 2. The Balaban J connectivity index is 1.52. The third-order valence-corrected chi connectivity index (χ3v) is 6.94. The number of halogens is 1. The Morgan fingerprint density at radius 3 is 2.38 bits per heavy atom. The lowest BCUT2D eigenvalue weighted by molar-refractivity contribution is -0.123. The third kappa shape index (κ3) is 5.04. The van der Waals surface area contributed by atoms with Gasteiger partial charge in [-0.2, -0.15) is 8.42 Å². The molecule has 1 fully saturated rings. The van der Waals surface area contributed by atoms with Gasteiger partial charge in [0.05, 0.1) is 11.4 Å². The topological polar surface area (TPSA) is 80.8 Å². The van der Waals surface area contributed by atoms with Crippen molar-refractivity contribution in [1.82, 2.24) is 4.90 Å². The second-order valence-electron chi connectivity index (χ2n) is 6.82. The fourth-order valence-corrected chi connectivity index (χ4v) is 4.89. The van der Waals surface area contributed by atoms with E-state index in [1.165, 1.54) is 30.3 Å². The zero-order valence-corrected chi connectivity index (χ0v) is 18.9. The van der Waals surface area contributed by atoms with Gasteiger partial charge in [-0.25, -0.2) is 0 Å². The lowest BCUT2D eigenvalue weighted by Crippen LogP contribution is -2.27. The van der Waals surface area contributed by atoms with Crippen molar-refractivity contribution in [3.05, 3.63) is 99.9 Å². The first kappa shape index (κ1) is 22.1. The first-order valence-electron chi connectivity index (χ1n) is 9.41. The highest BCUT2D eigenvalue weighted by Crippen LogP contribution is 2.34. The Morgan fingerprint density at radius 1 is 0.938 bits per heavy atom. The number of benzene rings is 3. The maximum absolute atomic E-state index is 12.8. The molecule has 2 amide bonds. The second-order valence-corrected chi connectivity index (χ2v) is 9.79. The van der Waals surface area contributed by atoms with Gasteiger partial charge >= 0.3 is 10.1 Å². The highest BCUT2D eigenvalue weighted by atomic mass is 35.5. The summed E-state index contributed by atoms with van der Waals surface area (Å²) in [5.74, 6) is -0.318. The highest BCUT2D eigenvalue weighted by molar-refractivity contribution is 8.18. The molecule has 0 N–H and O–H groups in total. The monoisotopic (exact) mass is 485 g/mol. The molecule has 32 heavy (non-hydrogen) atoms. The first-order valence-corrected chi connectivity index (χ1v) is 12.0. The van der Waals surface area contributed by atoms with Crippen molar-refractivity contribution in [1.29, 1.82) is 0 Å². The number of thioether (sulfide) groups is 1. The fourth-order valence-electron chi connectivity index (χ4n) is 2.98. The maximum atomic E-state index is 12.8. The molecule has 3 aromatic rings. The van der Waals surface area contributed by atoms with Gasteiger partial charge in [0.25, 0.3) is 11.1 Å². The van der Waals surface area contributed by atoms with E-state index in [-0.39, 0.29) is 27.3 Å². The van der Waals surface area contributed by atoms with E-state index in [2.05, 4.69) is 0 Å². The maximum Gasteiger partial charge on any atom is 0.339 e. The number of carbonyl (C=O) groups excluding carboxylic acids is 2. The molecule has 0 aromatic heterocycles. The number of hydrogen-bond donors (Lipinski definition) is 0. The van der Waals surface area contributed by atoms with Crippen LogP contribution >= 0.6 is 23.4 Å². The molecule has 0 atom stereocenters. The summed E-state index contributed by atoms with van der Waals surface area (Å²) in [5, 5.41) is 0.189. The van der Waals surface area contributed by atoms with E-state index in [1.54, 1.807) is 54.6 Å². The van der Waals surface area contributed by atoms with E-state index in [0.29, 0.717) is 10.6 Å². The van der Waals surface area contributed by atoms with Crippen LogP contribution in [0.1, 0.15) is 11.1 Å². The molecule has 9 heteroatoms. The summed E-state index contributed by atoms with van der Waals surface area (Å²) < 4.78 is 30.1. The number of imide groups is 1. The van der Waals surface area contributed by atoms with Crippen LogP contribution in [0.15, 0.2) is 88.7 Å². The summed E-state index contributed by atoms with van der Waals surface area (Å²) in [6.45, 7) is 0.137. The molecule has 162 valence electrons. The normalized spacial score (nSPS) is 15.4. The zero-order chi connectivity index (χ0) is 22.7. The van der Waals surface area contributed by atoms with E-state index in [1.807, 2.05) is 0 Å². The average molecular weight is 486 g/mol. The Morgan fingerprint density at radius 2 is 1.66 bits per heavy atom. The van der Waals surface area contributed by atoms with Crippen LogP contribution in [-0.4, -0.2) is 24.5 Å². The molecule has 0 spiro atoms. The van der Waals surface area contributed by atoms with Crippen LogP contribution in [-0.2, 0) is 21.5 Å². The van der Waals surface area contributed by atoms with Crippen molar-refractivity contribution < 1.29 is 22.2 Å². The van der Waals surface area contributed by atoms with E-state index >= 15 is 0 Å². The van der Waals surface area contributed by atoms with Gasteiger partial charge in [0.15, 0.2) is 0 Å². The Bertz CT molecular complexity index is 1310. The van der Waals surface area contributed by atoms with Crippen molar-refractivity contribution in [3.8, 4) is 5.75 Å². The van der Waals surface area contributed by atoms with E-state index in [9.17, 15) is 18.0 Å². The van der Waals surface area contributed by atoms with Gasteiger partial charge in [0.2, 0.25) is 0 Å². The predicted octanol–water partition coefficient (Wildman–Crippen LogP) is 5.34. The predicted molar refractivity (Wildman–Crippen MR) is 124 cm³/mol. The molecule has 1 saturated heterocycles. The summed E-state index contributed by atoms with van der Waals surface area (Å²) in [6.07, 6.45) is 1.54. The van der Waals surface area contributed by atoms with E-state index in [0.717, 1.165) is 22.2 Å². The molecule has 0 saturated carbocycles. The average Bonchev–Trinajstić information content (AvgIpc) is 3.03. The van der Waals surface area contributed by atoms with Crippen molar-refractivity contribution >= 4 is 50.7 Å². The molecule has 3 aromatic carbocycles. The van der Waals surface area contributed by atoms with Crippen molar-refractivity contribution in [3.63, 3.8) is 0 Å². The summed E-state index contributed by atoms with van der Waals surface area (Å²) in [5.41, 5.74) is 1.31.